The molecule has 1 aromatic heterocycles. The number of aliphatic carboxylic acids is 2. The van der Waals surface area contributed by atoms with Crippen LogP contribution >= 0.6 is 0 Å². The minimum atomic E-state index is -1.82. The Labute approximate surface area is 169 Å². The van der Waals surface area contributed by atoms with Gasteiger partial charge in [-0.15, -0.1) is 0 Å². The Kier molecular flexibility index (Phi) is 7.14. The highest BCUT2D eigenvalue weighted by atomic mass is 16.4. The Balaban J connectivity index is 0.000000438. The summed E-state index contributed by atoms with van der Waals surface area (Å²) in [6.45, 7) is 7.16. The van der Waals surface area contributed by atoms with Gasteiger partial charge in [0.05, 0.1) is 11.9 Å². The van der Waals surface area contributed by atoms with Crippen LogP contribution in [0.25, 0.3) is 11.3 Å². The lowest BCUT2D eigenvalue weighted by molar-refractivity contribution is -0.159. The maximum atomic E-state index is 9.10. The van der Waals surface area contributed by atoms with Gasteiger partial charge >= 0.3 is 11.9 Å². The van der Waals surface area contributed by atoms with Gasteiger partial charge in [-0.2, -0.15) is 0 Å². The van der Waals surface area contributed by atoms with Gasteiger partial charge < -0.3 is 20.1 Å². The van der Waals surface area contributed by atoms with Crippen molar-refractivity contribution in [2.75, 3.05) is 5.32 Å². The van der Waals surface area contributed by atoms with Crippen molar-refractivity contribution in [3.05, 3.63) is 70.9 Å². The number of hydrogen-bond donors (Lipinski definition) is 3. The predicted molar refractivity (Wildman–Crippen MR) is 112 cm³/mol. The number of aromatic nitrogens is 2. The van der Waals surface area contributed by atoms with E-state index in [1.807, 2.05) is 6.20 Å². The third kappa shape index (κ3) is 5.93. The second kappa shape index (κ2) is 9.54. The van der Waals surface area contributed by atoms with Crippen molar-refractivity contribution in [1.82, 2.24) is 9.55 Å². The van der Waals surface area contributed by atoms with Gasteiger partial charge in [0.25, 0.3) is 0 Å². The van der Waals surface area contributed by atoms with Crippen LogP contribution in [0.1, 0.15) is 22.3 Å². The van der Waals surface area contributed by atoms with Crippen LogP contribution in [0.4, 0.5) is 5.95 Å². The monoisotopic (exact) mass is 395 g/mol. The minimum absolute atomic E-state index is 0.775. The van der Waals surface area contributed by atoms with Gasteiger partial charge in [0.15, 0.2) is 0 Å². The molecule has 0 saturated carbocycles. The normalized spacial score (nSPS) is 10.1. The number of carbonyl (C=O) groups is 2. The lowest BCUT2D eigenvalue weighted by Gasteiger charge is -2.10. The summed E-state index contributed by atoms with van der Waals surface area (Å²) in [5.41, 5.74) is 7.48. The lowest BCUT2D eigenvalue weighted by atomic mass is 10.0. The molecular weight excluding hydrogens is 370 g/mol. The van der Waals surface area contributed by atoms with Gasteiger partial charge in [0, 0.05) is 19.2 Å². The lowest BCUT2D eigenvalue weighted by Crippen LogP contribution is -2.09. The van der Waals surface area contributed by atoms with Crippen LogP contribution < -0.4 is 5.32 Å². The number of nitrogens with zero attached hydrogens (tertiary/aromatic N) is 2. The first-order valence-electron chi connectivity index (χ1n) is 9.04. The molecule has 152 valence electrons. The topological polar surface area (TPSA) is 104 Å². The average molecular weight is 395 g/mol. The van der Waals surface area contributed by atoms with E-state index in [0.717, 1.165) is 18.2 Å². The molecule has 2 aromatic carbocycles. The van der Waals surface area contributed by atoms with Gasteiger partial charge in [-0.05, 0) is 43.5 Å². The largest absolute Gasteiger partial charge is 0.473 e. The molecular formula is C22H25N3O4. The molecule has 0 unspecified atom stereocenters. The molecule has 0 aliphatic rings. The molecule has 0 spiro atoms. The number of imidazole rings is 1. The van der Waals surface area contributed by atoms with Crippen LogP contribution in [-0.4, -0.2) is 31.7 Å². The number of carboxylic acids is 2. The first kappa shape index (κ1) is 21.7. The quantitative estimate of drug-likeness (QED) is 0.581. The van der Waals surface area contributed by atoms with Gasteiger partial charge in [0.1, 0.15) is 0 Å². The molecule has 3 aromatic rings. The van der Waals surface area contributed by atoms with Gasteiger partial charge in [0.2, 0.25) is 5.95 Å². The van der Waals surface area contributed by atoms with E-state index < -0.39 is 11.9 Å². The first-order chi connectivity index (χ1) is 13.7. The molecule has 0 atom stereocenters. The zero-order valence-electron chi connectivity index (χ0n) is 16.9. The second-order valence-electron chi connectivity index (χ2n) is 6.77. The molecule has 1 heterocycles. The predicted octanol–water partition coefficient (Wildman–Crippen LogP) is 3.78. The summed E-state index contributed by atoms with van der Waals surface area (Å²) in [7, 11) is 2.05. The van der Waals surface area contributed by atoms with Crippen molar-refractivity contribution >= 4 is 17.9 Å². The van der Waals surface area contributed by atoms with E-state index >= 15 is 0 Å². The van der Waals surface area contributed by atoms with Crippen LogP contribution in [0.2, 0.25) is 0 Å². The summed E-state index contributed by atoms with van der Waals surface area (Å²) in [6.07, 6.45) is 1.93. The molecule has 3 rings (SSSR count). The highest BCUT2D eigenvalue weighted by molar-refractivity contribution is 6.27. The van der Waals surface area contributed by atoms with Crippen LogP contribution in [0.3, 0.4) is 0 Å². The van der Waals surface area contributed by atoms with Crippen molar-refractivity contribution in [1.29, 1.82) is 0 Å². The van der Waals surface area contributed by atoms with Crippen molar-refractivity contribution in [2.24, 2.45) is 7.05 Å². The molecule has 0 aliphatic heterocycles. The van der Waals surface area contributed by atoms with Gasteiger partial charge in [-0.25, -0.2) is 14.6 Å². The maximum Gasteiger partial charge on any atom is 0.414 e. The van der Waals surface area contributed by atoms with Crippen LogP contribution in [0, 0.1) is 20.8 Å². The van der Waals surface area contributed by atoms with Crippen LogP contribution in [-0.2, 0) is 23.2 Å². The minimum Gasteiger partial charge on any atom is -0.473 e. The third-order valence-electron chi connectivity index (χ3n) is 4.55. The Morgan fingerprint density at radius 3 is 2.14 bits per heavy atom. The Morgan fingerprint density at radius 2 is 1.59 bits per heavy atom. The Bertz CT molecular complexity index is 995. The molecule has 0 radical (unpaired) electrons. The zero-order chi connectivity index (χ0) is 21.6. The van der Waals surface area contributed by atoms with E-state index in [2.05, 4.69) is 85.2 Å². The zero-order valence-corrected chi connectivity index (χ0v) is 16.9. The Hall–Kier alpha value is -3.61. The van der Waals surface area contributed by atoms with Crippen molar-refractivity contribution in [3.63, 3.8) is 0 Å². The van der Waals surface area contributed by atoms with E-state index in [1.165, 1.54) is 27.8 Å². The van der Waals surface area contributed by atoms with Crippen LogP contribution in [0.15, 0.2) is 48.7 Å². The van der Waals surface area contributed by atoms with Crippen molar-refractivity contribution in [3.8, 4) is 11.3 Å². The maximum absolute atomic E-state index is 9.10. The molecule has 0 saturated heterocycles. The second-order valence-corrected chi connectivity index (χ2v) is 6.77. The number of nitrogens with one attached hydrogen (secondary N) is 1. The van der Waals surface area contributed by atoms with E-state index in [9.17, 15) is 0 Å². The number of carboxylic acid groups (broad SMARTS) is 2. The van der Waals surface area contributed by atoms with Gasteiger partial charge in [-0.3, -0.25) is 0 Å². The molecule has 3 N–H and O–H groups in total. The highest BCUT2D eigenvalue weighted by Gasteiger charge is 2.09. The molecule has 7 heteroatoms. The average Bonchev–Trinajstić information content (AvgIpc) is 3.04. The summed E-state index contributed by atoms with van der Waals surface area (Å²) < 4.78 is 2.11. The molecule has 7 nitrogen and oxygen atoms in total. The SMILES string of the molecule is Cc1ccc(CNc2ncc(-c3ccc(C)c(C)c3)n2C)cc1.O=C(O)C(=O)O. The number of hydrogen-bond acceptors (Lipinski definition) is 4. The van der Waals surface area contributed by atoms with E-state index in [-0.39, 0.29) is 0 Å². The summed E-state index contributed by atoms with van der Waals surface area (Å²) in [4.78, 5) is 22.7. The Morgan fingerprint density at radius 1 is 0.966 bits per heavy atom. The summed E-state index contributed by atoms with van der Waals surface area (Å²) >= 11 is 0. The fraction of sp³-hybridized carbons (Fsp3) is 0.227. The number of anilines is 1. The number of aryl methyl sites for hydroxylation is 3. The number of rotatable bonds is 4. The van der Waals surface area contributed by atoms with Crippen molar-refractivity contribution < 1.29 is 19.8 Å². The number of benzene rings is 2. The highest BCUT2D eigenvalue weighted by Crippen LogP contribution is 2.24. The first-order valence-corrected chi connectivity index (χ1v) is 9.04. The van der Waals surface area contributed by atoms with E-state index in [4.69, 9.17) is 19.8 Å². The summed E-state index contributed by atoms with van der Waals surface area (Å²) in [5, 5.41) is 18.2. The van der Waals surface area contributed by atoms with Crippen LogP contribution in [0.5, 0.6) is 0 Å². The smallest absolute Gasteiger partial charge is 0.414 e. The van der Waals surface area contributed by atoms with E-state index in [0.29, 0.717) is 0 Å². The molecule has 0 fully saturated rings. The summed E-state index contributed by atoms with van der Waals surface area (Å²) in [5.74, 6) is -2.76. The van der Waals surface area contributed by atoms with E-state index in [1.54, 1.807) is 0 Å². The third-order valence-corrected chi connectivity index (χ3v) is 4.55. The molecule has 29 heavy (non-hydrogen) atoms. The van der Waals surface area contributed by atoms with Gasteiger partial charge in [-0.1, -0.05) is 42.0 Å². The molecule has 0 aliphatic carbocycles. The molecule has 0 amide bonds. The summed E-state index contributed by atoms with van der Waals surface area (Å²) in [6, 6.07) is 15.1. The van der Waals surface area contributed by atoms with Crippen molar-refractivity contribution in [2.45, 2.75) is 27.3 Å². The fourth-order valence-electron chi connectivity index (χ4n) is 2.63. The molecule has 0 bridgehead atoms. The standard InChI is InChI=1S/C20H23N3.C2H2O4/c1-14-5-8-17(9-6-14)12-21-20-22-13-19(23(20)4)18-10-7-15(2)16(3)11-18;3-1(4)2(5)6/h5-11,13H,12H2,1-4H3,(H,21,22);(H,3,4)(H,5,6). The fourth-order valence-corrected chi connectivity index (χ4v) is 2.63.